The smallest absolute Gasteiger partial charge is 0.208 e. The fourth-order valence-electron chi connectivity index (χ4n) is 2.92. The first-order valence-corrected chi connectivity index (χ1v) is 12.6. The quantitative estimate of drug-likeness (QED) is 0.394. The molecule has 1 aromatic carbocycles. The second kappa shape index (κ2) is 9.36. The van der Waals surface area contributed by atoms with E-state index in [1.807, 2.05) is 16.7 Å². The summed E-state index contributed by atoms with van der Waals surface area (Å²) >= 11 is 1.56. The first-order chi connectivity index (χ1) is 14.1. The van der Waals surface area contributed by atoms with Crippen LogP contribution < -0.4 is 4.72 Å². The second-order valence-corrected chi connectivity index (χ2v) is 11.1. The Morgan fingerprint density at radius 1 is 1.13 bits per heavy atom. The van der Waals surface area contributed by atoms with Gasteiger partial charge in [0.2, 0.25) is 10.0 Å². The lowest BCUT2D eigenvalue weighted by atomic mass is 9.87. The SMILES string of the molecule is CC(C)(C)c1ccc(-c2nnc(SCCCNS(C)(=O)=O)n2Cc2ccco2)cc1. The van der Waals surface area contributed by atoms with Gasteiger partial charge in [-0.3, -0.25) is 4.57 Å². The maximum absolute atomic E-state index is 11.2. The van der Waals surface area contributed by atoms with Crippen molar-refractivity contribution < 1.29 is 12.8 Å². The van der Waals surface area contributed by atoms with Gasteiger partial charge >= 0.3 is 0 Å². The Morgan fingerprint density at radius 2 is 1.87 bits per heavy atom. The Morgan fingerprint density at radius 3 is 2.47 bits per heavy atom. The Bertz CT molecular complexity index is 1050. The van der Waals surface area contributed by atoms with Crippen LogP contribution in [0.5, 0.6) is 0 Å². The first kappa shape index (κ1) is 22.6. The van der Waals surface area contributed by atoms with Crippen LogP contribution in [0.15, 0.2) is 52.2 Å². The molecule has 0 bridgehead atoms. The summed E-state index contributed by atoms with van der Waals surface area (Å²) in [5, 5.41) is 9.60. The largest absolute Gasteiger partial charge is 0.467 e. The second-order valence-electron chi connectivity index (χ2n) is 8.17. The zero-order chi connectivity index (χ0) is 21.8. The molecule has 0 radical (unpaired) electrons. The fraction of sp³-hybridized carbons (Fsp3) is 0.429. The lowest BCUT2D eigenvalue weighted by molar-refractivity contribution is 0.485. The van der Waals surface area contributed by atoms with Crippen LogP contribution in [0.1, 0.15) is 38.5 Å². The van der Waals surface area contributed by atoms with E-state index in [4.69, 9.17) is 4.42 Å². The van der Waals surface area contributed by atoms with Gasteiger partial charge in [-0.1, -0.05) is 56.8 Å². The minimum Gasteiger partial charge on any atom is -0.467 e. The van der Waals surface area contributed by atoms with E-state index in [1.165, 1.54) is 5.56 Å². The molecule has 9 heteroatoms. The predicted octanol–water partition coefficient (Wildman–Crippen LogP) is 3.92. The van der Waals surface area contributed by atoms with Crippen molar-refractivity contribution in [3.05, 3.63) is 54.0 Å². The molecule has 3 aromatic rings. The molecule has 7 nitrogen and oxygen atoms in total. The summed E-state index contributed by atoms with van der Waals surface area (Å²) in [6, 6.07) is 12.2. The molecule has 2 heterocycles. The number of hydrogen-bond donors (Lipinski definition) is 1. The van der Waals surface area contributed by atoms with Crippen LogP contribution in [0.4, 0.5) is 0 Å². The number of nitrogens with one attached hydrogen (secondary N) is 1. The molecular weight excluding hydrogens is 420 g/mol. The average molecular weight is 449 g/mol. The summed E-state index contributed by atoms with van der Waals surface area (Å²) in [6.45, 7) is 7.50. The van der Waals surface area contributed by atoms with Gasteiger partial charge in [0.25, 0.3) is 0 Å². The van der Waals surface area contributed by atoms with Gasteiger partial charge in [0.1, 0.15) is 5.76 Å². The third kappa shape index (κ3) is 6.20. The number of hydrogen-bond acceptors (Lipinski definition) is 6. The average Bonchev–Trinajstić information content (AvgIpc) is 3.31. The Hall–Kier alpha value is -2.10. The zero-order valence-corrected chi connectivity index (χ0v) is 19.4. The summed E-state index contributed by atoms with van der Waals surface area (Å²) in [5.74, 6) is 2.33. The molecule has 1 N–H and O–H groups in total. The highest BCUT2D eigenvalue weighted by Crippen LogP contribution is 2.28. The normalized spacial score (nSPS) is 12.4. The summed E-state index contributed by atoms with van der Waals surface area (Å²) in [4.78, 5) is 0. The van der Waals surface area contributed by atoms with Crippen LogP contribution in [-0.4, -0.2) is 41.7 Å². The number of sulfonamides is 1. The van der Waals surface area contributed by atoms with Crippen molar-refractivity contribution in [2.75, 3.05) is 18.6 Å². The van der Waals surface area contributed by atoms with Gasteiger partial charge in [0.15, 0.2) is 11.0 Å². The molecule has 0 saturated heterocycles. The third-order valence-corrected chi connectivity index (χ3v) is 6.32. The van der Waals surface area contributed by atoms with E-state index in [0.29, 0.717) is 19.5 Å². The highest BCUT2D eigenvalue weighted by Gasteiger charge is 2.18. The molecule has 0 fully saturated rings. The maximum Gasteiger partial charge on any atom is 0.208 e. The van der Waals surface area contributed by atoms with E-state index in [-0.39, 0.29) is 5.41 Å². The van der Waals surface area contributed by atoms with Crippen LogP contribution in [0.25, 0.3) is 11.4 Å². The highest BCUT2D eigenvalue weighted by atomic mass is 32.2. The van der Waals surface area contributed by atoms with Gasteiger partial charge in [-0.05, 0) is 29.5 Å². The molecule has 162 valence electrons. The fourth-order valence-corrected chi connectivity index (χ4v) is 4.31. The molecule has 3 rings (SSSR count). The van der Waals surface area contributed by atoms with Crippen LogP contribution in [0, 0.1) is 0 Å². The number of thioether (sulfide) groups is 1. The molecule has 0 aliphatic rings. The van der Waals surface area contributed by atoms with Crippen LogP contribution in [0.3, 0.4) is 0 Å². The number of aromatic nitrogens is 3. The van der Waals surface area contributed by atoms with Gasteiger partial charge < -0.3 is 4.42 Å². The zero-order valence-electron chi connectivity index (χ0n) is 17.8. The van der Waals surface area contributed by atoms with E-state index in [0.717, 1.165) is 34.3 Å². The minimum atomic E-state index is -3.16. The van der Waals surface area contributed by atoms with Crippen molar-refractivity contribution in [3.8, 4) is 11.4 Å². The number of nitrogens with zero attached hydrogens (tertiary/aromatic N) is 3. The molecule has 0 aliphatic carbocycles. The molecule has 0 amide bonds. The minimum absolute atomic E-state index is 0.0847. The summed E-state index contributed by atoms with van der Waals surface area (Å²) in [7, 11) is -3.16. The summed E-state index contributed by atoms with van der Waals surface area (Å²) in [5.41, 5.74) is 2.34. The van der Waals surface area contributed by atoms with E-state index in [1.54, 1.807) is 18.0 Å². The van der Waals surface area contributed by atoms with E-state index < -0.39 is 10.0 Å². The number of benzene rings is 1. The van der Waals surface area contributed by atoms with Crippen LogP contribution in [0.2, 0.25) is 0 Å². The van der Waals surface area contributed by atoms with Crippen molar-refractivity contribution in [1.29, 1.82) is 0 Å². The van der Waals surface area contributed by atoms with E-state index in [2.05, 4.69) is 60.0 Å². The molecule has 0 atom stereocenters. The maximum atomic E-state index is 11.2. The topological polar surface area (TPSA) is 90.0 Å². The lowest BCUT2D eigenvalue weighted by Crippen LogP contribution is -2.23. The van der Waals surface area contributed by atoms with Crippen molar-refractivity contribution in [2.45, 2.75) is 44.3 Å². The number of rotatable bonds is 9. The summed E-state index contributed by atoms with van der Waals surface area (Å²) in [6.07, 6.45) is 3.51. The lowest BCUT2D eigenvalue weighted by Gasteiger charge is -2.19. The van der Waals surface area contributed by atoms with Gasteiger partial charge in [-0.15, -0.1) is 10.2 Å². The van der Waals surface area contributed by atoms with Gasteiger partial charge in [-0.25, -0.2) is 13.1 Å². The molecule has 0 unspecified atom stereocenters. The van der Waals surface area contributed by atoms with Crippen molar-refractivity contribution >= 4 is 21.8 Å². The molecule has 0 spiro atoms. The highest BCUT2D eigenvalue weighted by molar-refractivity contribution is 7.99. The van der Waals surface area contributed by atoms with Crippen LogP contribution >= 0.6 is 11.8 Å². The number of furan rings is 1. The Labute approximate surface area is 182 Å². The van der Waals surface area contributed by atoms with Crippen molar-refractivity contribution in [3.63, 3.8) is 0 Å². The molecule has 0 saturated carbocycles. The van der Waals surface area contributed by atoms with E-state index >= 15 is 0 Å². The van der Waals surface area contributed by atoms with Crippen molar-refractivity contribution in [1.82, 2.24) is 19.5 Å². The van der Waals surface area contributed by atoms with Crippen molar-refractivity contribution in [2.24, 2.45) is 0 Å². The predicted molar refractivity (Wildman–Crippen MR) is 120 cm³/mol. The molecular formula is C21H28N4O3S2. The third-order valence-electron chi connectivity index (χ3n) is 4.54. The van der Waals surface area contributed by atoms with Gasteiger partial charge in [0, 0.05) is 17.9 Å². The van der Waals surface area contributed by atoms with Crippen LogP contribution in [-0.2, 0) is 22.0 Å². The Balaban J connectivity index is 1.79. The van der Waals surface area contributed by atoms with Gasteiger partial charge in [0.05, 0.1) is 19.1 Å². The monoisotopic (exact) mass is 448 g/mol. The molecule has 2 aromatic heterocycles. The molecule has 30 heavy (non-hydrogen) atoms. The standard InChI is InChI=1S/C21H28N4O3S2/c1-21(2,3)17-10-8-16(9-11-17)19-23-24-20(25(19)15-18-7-5-13-28-18)29-14-6-12-22-30(4,26)27/h5,7-11,13,22H,6,12,14-15H2,1-4H3. The molecule has 0 aliphatic heterocycles. The summed E-state index contributed by atoms with van der Waals surface area (Å²) < 4.78 is 32.5. The first-order valence-electron chi connectivity index (χ1n) is 9.77. The Kier molecular flexibility index (Phi) is 7.05. The van der Waals surface area contributed by atoms with Gasteiger partial charge in [-0.2, -0.15) is 0 Å². The van der Waals surface area contributed by atoms with E-state index in [9.17, 15) is 8.42 Å².